The Kier molecular flexibility index (Phi) is 3.40. The van der Waals surface area contributed by atoms with Crippen molar-refractivity contribution in [3.63, 3.8) is 0 Å². The molecule has 0 radical (unpaired) electrons. The van der Waals surface area contributed by atoms with E-state index in [9.17, 15) is 14.0 Å². The lowest BCUT2D eigenvalue weighted by Gasteiger charge is -2.12. The van der Waals surface area contributed by atoms with Crippen molar-refractivity contribution >= 4 is 5.97 Å². The van der Waals surface area contributed by atoms with Crippen molar-refractivity contribution in [2.45, 2.75) is 13.8 Å². The largest absolute Gasteiger partial charge is 0.476 e. The summed E-state index contributed by atoms with van der Waals surface area (Å²) in [7, 11) is 1.56. The van der Waals surface area contributed by atoms with Crippen molar-refractivity contribution < 1.29 is 14.3 Å². The summed E-state index contributed by atoms with van der Waals surface area (Å²) in [6, 6.07) is 4.01. The van der Waals surface area contributed by atoms with Gasteiger partial charge in [0.2, 0.25) is 11.1 Å². The summed E-state index contributed by atoms with van der Waals surface area (Å²) in [6.45, 7) is 3.33. The number of halogens is 1. The second-order valence-corrected chi connectivity index (χ2v) is 4.53. The van der Waals surface area contributed by atoms with Crippen LogP contribution in [-0.4, -0.2) is 20.9 Å². The summed E-state index contributed by atoms with van der Waals surface area (Å²) in [5, 5.41) is 12.8. The molecule has 1 aromatic heterocycles. The number of carboxylic acids is 1. The van der Waals surface area contributed by atoms with E-state index in [0.29, 0.717) is 16.8 Å². The van der Waals surface area contributed by atoms with E-state index in [2.05, 4.69) is 5.10 Å². The molecule has 1 N–H and O–H groups in total. The average Bonchev–Trinajstić information content (AvgIpc) is 2.36. The minimum Gasteiger partial charge on any atom is -0.476 e. The van der Waals surface area contributed by atoms with Gasteiger partial charge in [-0.25, -0.2) is 9.18 Å². The third kappa shape index (κ3) is 2.20. The maximum atomic E-state index is 13.2. The van der Waals surface area contributed by atoms with Gasteiger partial charge in [-0.05, 0) is 37.1 Å². The summed E-state index contributed by atoms with van der Waals surface area (Å²) in [5.74, 6) is -1.79. The number of aromatic carboxylic acids is 1. The van der Waals surface area contributed by atoms with Crippen LogP contribution in [0.25, 0.3) is 11.1 Å². The fraction of sp³-hybridized carbons (Fsp3) is 0.214. The van der Waals surface area contributed by atoms with Crippen LogP contribution >= 0.6 is 0 Å². The number of benzene rings is 1. The van der Waals surface area contributed by atoms with Gasteiger partial charge < -0.3 is 5.11 Å². The highest BCUT2D eigenvalue weighted by molar-refractivity contribution is 5.87. The van der Waals surface area contributed by atoms with Crippen LogP contribution in [0.2, 0.25) is 0 Å². The first kappa shape index (κ1) is 13.9. The lowest BCUT2D eigenvalue weighted by atomic mass is 9.98. The molecular weight excluding hydrogens is 263 g/mol. The highest BCUT2D eigenvalue weighted by Gasteiger charge is 2.20. The van der Waals surface area contributed by atoms with Gasteiger partial charge in [0.25, 0.3) is 0 Å². The lowest BCUT2D eigenvalue weighted by molar-refractivity contribution is 0.0686. The highest BCUT2D eigenvalue weighted by Crippen LogP contribution is 2.23. The number of hydrogen-bond donors (Lipinski definition) is 1. The van der Waals surface area contributed by atoms with Crippen LogP contribution in [0.4, 0.5) is 4.39 Å². The number of aromatic nitrogens is 2. The Morgan fingerprint density at radius 3 is 2.55 bits per heavy atom. The fourth-order valence-electron chi connectivity index (χ4n) is 2.08. The molecule has 0 saturated carbocycles. The SMILES string of the molecule is Cc1cc(F)ccc1-c1c(C)n(C)nc(C(=O)O)c1=O. The number of nitrogens with zero attached hydrogens (tertiary/aromatic N) is 2. The van der Waals surface area contributed by atoms with Crippen molar-refractivity contribution in [3.05, 3.63) is 51.2 Å². The molecule has 0 bridgehead atoms. The maximum absolute atomic E-state index is 13.2. The van der Waals surface area contributed by atoms with Gasteiger partial charge in [0, 0.05) is 12.7 Å². The molecule has 20 heavy (non-hydrogen) atoms. The van der Waals surface area contributed by atoms with Gasteiger partial charge in [-0.1, -0.05) is 6.07 Å². The second-order valence-electron chi connectivity index (χ2n) is 4.53. The molecule has 0 saturated heterocycles. The van der Waals surface area contributed by atoms with E-state index in [4.69, 9.17) is 5.11 Å². The number of hydrogen-bond acceptors (Lipinski definition) is 3. The Balaban J connectivity index is 2.86. The molecule has 0 atom stereocenters. The quantitative estimate of drug-likeness (QED) is 0.909. The van der Waals surface area contributed by atoms with E-state index in [0.717, 1.165) is 0 Å². The van der Waals surface area contributed by atoms with Crippen molar-refractivity contribution in [1.82, 2.24) is 9.78 Å². The van der Waals surface area contributed by atoms with Crippen molar-refractivity contribution in [2.24, 2.45) is 7.05 Å². The Hall–Kier alpha value is -2.50. The van der Waals surface area contributed by atoms with Gasteiger partial charge in [-0.15, -0.1) is 0 Å². The van der Waals surface area contributed by atoms with E-state index >= 15 is 0 Å². The zero-order valence-corrected chi connectivity index (χ0v) is 11.3. The first-order chi connectivity index (χ1) is 9.32. The van der Waals surface area contributed by atoms with Crippen LogP contribution in [-0.2, 0) is 7.05 Å². The third-order valence-corrected chi connectivity index (χ3v) is 3.20. The number of rotatable bonds is 2. The van der Waals surface area contributed by atoms with Crippen LogP contribution in [0.15, 0.2) is 23.0 Å². The van der Waals surface area contributed by atoms with Crippen molar-refractivity contribution in [3.8, 4) is 11.1 Å². The summed E-state index contributed by atoms with van der Waals surface area (Å²) < 4.78 is 14.5. The molecule has 5 nitrogen and oxygen atoms in total. The van der Waals surface area contributed by atoms with Crippen LogP contribution < -0.4 is 5.43 Å². The molecule has 0 aliphatic carbocycles. The topological polar surface area (TPSA) is 72.2 Å². The van der Waals surface area contributed by atoms with Gasteiger partial charge in [-0.3, -0.25) is 9.48 Å². The maximum Gasteiger partial charge on any atom is 0.360 e. The van der Waals surface area contributed by atoms with Crippen molar-refractivity contribution in [2.75, 3.05) is 0 Å². The smallest absolute Gasteiger partial charge is 0.360 e. The Morgan fingerprint density at radius 1 is 1.35 bits per heavy atom. The van der Waals surface area contributed by atoms with Crippen LogP contribution in [0.1, 0.15) is 21.7 Å². The molecule has 0 amide bonds. The molecule has 2 rings (SSSR count). The number of carboxylic acid groups (broad SMARTS) is 1. The molecule has 0 fully saturated rings. The van der Waals surface area contributed by atoms with Crippen LogP contribution in [0, 0.1) is 19.7 Å². The molecular formula is C14H13FN2O3. The van der Waals surface area contributed by atoms with Gasteiger partial charge in [0.15, 0.2) is 0 Å². The van der Waals surface area contributed by atoms with Gasteiger partial charge in [-0.2, -0.15) is 5.10 Å². The van der Waals surface area contributed by atoms with E-state index in [-0.39, 0.29) is 5.56 Å². The fourth-order valence-corrected chi connectivity index (χ4v) is 2.08. The zero-order valence-electron chi connectivity index (χ0n) is 11.3. The Bertz CT molecular complexity index is 766. The van der Waals surface area contributed by atoms with E-state index in [1.54, 1.807) is 20.9 Å². The van der Waals surface area contributed by atoms with E-state index in [1.807, 2.05) is 0 Å². The summed E-state index contributed by atoms with van der Waals surface area (Å²) >= 11 is 0. The summed E-state index contributed by atoms with van der Waals surface area (Å²) in [6.07, 6.45) is 0. The van der Waals surface area contributed by atoms with Crippen LogP contribution in [0.5, 0.6) is 0 Å². The lowest BCUT2D eigenvalue weighted by Crippen LogP contribution is -2.25. The molecule has 1 heterocycles. The van der Waals surface area contributed by atoms with Crippen LogP contribution in [0.3, 0.4) is 0 Å². The third-order valence-electron chi connectivity index (χ3n) is 3.20. The molecule has 2 aromatic rings. The zero-order chi connectivity index (χ0) is 15.0. The molecule has 6 heteroatoms. The first-order valence-electron chi connectivity index (χ1n) is 5.90. The number of aryl methyl sites for hydroxylation is 2. The Morgan fingerprint density at radius 2 is 2.00 bits per heavy atom. The first-order valence-corrected chi connectivity index (χ1v) is 5.90. The minimum atomic E-state index is -1.38. The van der Waals surface area contributed by atoms with E-state index < -0.39 is 22.9 Å². The molecule has 0 aliphatic rings. The van der Waals surface area contributed by atoms with Gasteiger partial charge in [0.1, 0.15) is 5.82 Å². The molecule has 104 valence electrons. The summed E-state index contributed by atoms with van der Waals surface area (Å²) in [4.78, 5) is 23.3. The predicted octanol–water partition coefficient (Wildman–Crippen LogP) is 1.90. The molecule has 0 spiro atoms. The number of carbonyl (C=O) groups is 1. The average molecular weight is 276 g/mol. The highest BCUT2D eigenvalue weighted by atomic mass is 19.1. The minimum absolute atomic E-state index is 0.234. The molecule has 0 unspecified atom stereocenters. The second kappa shape index (κ2) is 4.88. The van der Waals surface area contributed by atoms with Gasteiger partial charge >= 0.3 is 5.97 Å². The standard InChI is InChI=1S/C14H13FN2O3/c1-7-6-9(15)4-5-10(7)11-8(2)17(3)16-12(13(11)18)14(19)20/h4-6H,1-3H3,(H,19,20). The van der Waals surface area contributed by atoms with Crippen molar-refractivity contribution in [1.29, 1.82) is 0 Å². The van der Waals surface area contributed by atoms with E-state index in [1.165, 1.54) is 22.9 Å². The monoisotopic (exact) mass is 276 g/mol. The predicted molar refractivity (Wildman–Crippen MR) is 71.3 cm³/mol. The van der Waals surface area contributed by atoms with Gasteiger partial charge in [0.05, 0.1) is 5.56 Å². The molecule has 1 aromatic carbocycles. The molecule has 0 aliphatic heterocycles. The normalized spacial score (nSPS) is 10.6. The summed E-state index contributed by atoms with van der Waals surface area (Å²) in [5.41, 5.74) is 0.619. The Labute approximate surface area is 114 Å².